The third-order valence-corrected chi connectivity index (χ3v) is 3.35. The van der Waals surface area contributed by atoms with Crippen LogP contribution >= 0.6 is 0 Å². The standard InChI is InChI=1S/C16H21F2N3/c1-10-6-7-12(17)14(13(10)18)19-8-11-9-21(5)20-15(11)16(2,3)4/h6-7,9,19H,8H2,1-5H3. The van der Waals surface area contributed by atoms with Crippen LogP contribution in [0.5, 0.6) is 0 Å². The van der Waals surface area contributed by atoms with E-state index >= 15 is 0 Å². The van der Waals surface area contributed by atoms with Crippen LogP contribution in [0.1, 0.15) is 37.6 Å². The summed E-state index contributed by atoms with van der Waals surface area (Å²) in [6.45, 7) is 8.13. The van der Waals surface area contributed by atoms with E-state index in [0.29, 0.717) is 12.1 Å². The Bertz CT molecular complexity index is 654. The zero-order chi connectivity index (χ0) is 15.8. The highest BCUT2D eigenvalue weighted by molar-refractivity contribution is 5.49. The number of aromatic nitrogens is 2. The lowest BCUT2D eigenvalue weighted by molar-refractivity contribution is 0.548. The smallest absolute Gasteiger partial charge is 0.152 e. The van der Waals surface area contributed by atoms with Gasteiger partial charge in [-0.1, -0.05) is 26.8 Å². The van der Waals surface area contributed by atoms with Gasteiger partial charge in [-0.15, -0.1) is 0 Å². The van der Waals surface area contributed by atoms with Gasteiger partial charge in [0.05, 0.1) is 5.69 Å². The van der Waals surface area contributed by atoms with Crippen LogP contribution in [-0.2, 0) is 19.0 Å². The minimum atomic E-state index is -0.584. The average Bonchev–Trinajstić information content (AvgIpc) is 2.75. The molecular weight excluding hydrogens is 272 g/mol. The summed E-state index contributed by atoms with van der Waals surface area (Å²) < 4.78 is 29.5. The van der Waals surface area contributed by atoms with E-state index in [1.54, 1.807) is 11.6 Å². The molecule has 1 N–H and O–H groups in total. The minimum Gasteiger partial charge on any atom is -0.376 e. The van der Waals surface area contributed by atoms with Crippen LogP contribution in [0, 0.1) is 18.6 Å². The lowest BCUT2D eigenvalue weighted by atomic mass is 9.89. The molecule has 0 amide bonds. The van der Waals surface area contributed by atoms with E-state index in [9.17, 15) is 8.78 Å². The summed E-state index contributed by atoms with van der Waals surface area (Å²) in [5, 5.41) is 7.31. The molecule has 0 fully saturated rings. The van der Waals surface area contributed by atoms with E-state index in [0.717, 1.165) is 11.3 Å². The van der Waals surface area contributed by atoms with Gasteiger partial charge in [-0.05, 0) is 18.6 Å². The van der Waals surface area contributed by atoms with Crippen LogP contribution in [0.4, 0.5) is 14.5 Å². The average molecular weight is 293 g/mol. The van der Waals surface area contributed by atoms with Gasteiger partial charge in [0.25, 0.3) is 0 Å². The van der Waals surface area contributed by atoms with Crippen molar-refractivity contribution in [2.75, 3.05) is 5.32 Å². The van der Waals surface area contributed by atoms with Crippen LogP contribution in [0.25, 0.3) is 0 Å². The van der Waals surface area contributed by atoms with Gasteiger partial charge in [0, 0.05) is 30.8 Å². The van der Waals surface area contributed by atoms with Gasteiger partial charge in [0.15, 0.2) is 5.82 Å². The number of hydrogen-bond acceptors (Lipinski definition) is 2. The zero-order valence-corrected chi connectivity index (χ0v) is 13.1. The molecule has 3 nitrogen and oxygen atoms in total. The van der Waals surface area contributed by atoms with Crippen molar-refractivity contribution in [3.63, 3.8) is 0 Å². The minimum absolute atomic E-state index is 0.0845. The summed E-state index contributed by atoms with van der Waals surface area (Å²) in [6.07, 6.45) is 1.87. The highest BCUT2D eigenvalue weighted by atomic mass is 19.1. The first-order valence-corrected chi connectivity index (χ1v) is 6.91. The Balaban J connectivity index is 2.28. The Kier molecular flexibility index (Phi) is 4.03. The van der Waals surface area contributed by atoms with Crippen LogP contribution in [0.3, 0.4) is 0 Å². The lowest BCUT2D eigenvalue weighted by Crippen LogP contribution is -2.16. The van der Waals surface area contributed by atoms with Crippen LogP contribution in [-0.4, -0.2) is 9.78 Å². The first-order chi connectivity index (χ1) is 9.70. The molecule has 0 unspecified atom stereocenters. The lowest BCUT2D eigenvalue weighted by Gasteiger charge is -2.18. The molecule has 1 aromatic heterocycles. The second kappa shape index (κ2) is 5.47. The predicted octanol–water partition coefficient (Wildman–Crippen LogP) is 3.92. The highest BCUT2D eigenvalue weighted by Crippen LogP contribution is 2.26. The van der Waals surface area contributed by atoms with Crippen molar-refractivity contribution < 1.29 is 8.78 Å². The molecule has 1 heterocycles. The molecule has 0 aliphatic heterocycles. The molecular formula is C16H21F2N3. The third-order valence-electron chi connectivity index (χ3n) is 3.35. The number of nitrogens with one attached hydrogen (secondary N) is 1. The van der Waals surface area contributed by atoms with Gasteiger partial charge >= 0.3 is 0 Å². The molecule has 21 heavy (non-hydrogen) atoms. The monoisotopic (exact) mass is 293 g/mol. The molecule has 0 saturated heterocycles. The van der Waals surface area contributed by atoms with Crippen LogP contribution in [0.15, 0.2) is 18.3 Å². The first-order valence-electron chi connectivity index (χ1n) is 6.91. The molecule has 0 saturated carbocycles. The number of rotatable bonds is 3. The fourth-order valence-electron chi connectivity index (χ4n) is 2.30. The maximum Gasteiger partial charge on any atom is 0.152 e. The molecule has 2 rings (SSSR count). The Morgan fingerprint density at radius 1 is 1.24 bits per heavy atom. The summed E-state index contributed by atoms with van der Waals surface area (Å²) in [5.41, 5.74) is 2.07. The van der Waals surface area contributed by atoms with Gasteiger partial charge in [0.1, 0.15) is 11.5 Å². The Morgan fingerprint density at radius 3 is 2.52 bits per heavy atom. The summed E-state index contributed by atoms with van der Waals surface area (Å²) in [7, 11) is 1.84. The normalized spacial score (nSPS) is 11.8. The molecule has 0 atom stereocenters. The Morgan fingerprint density at radius 2 is 1.90 bits per heavy atom. The predicted molar refractivity (Wildman–Crippen MR) is 80.3 cm³/mol. The zero-order valence-electron chi connectivity index (χ0n) is 13.1. The van der Waals surface area contributed by atoms with Crippen molar-refractivity contribution in [3.05, 3.63) is 46.8 Å². The van der Waals surface area contributed by atoms with E-state index in [-0.39, 0.29) is 11.1 Å². The Labute approximate surface area is 124 Å². The third kappa shape index (κ3) is 3.23. The summed E-state index contributed by atoms with van der Waals surface area (Å²) >= 11 is 0. The fourth-order valence-corrected chi connectivity index (χ4v) is 2.30. The maximum absolute atomic E-state index is 14.0. The van der Waals surface area contributed by atoms with Crippen molar-refractivity contribution in [2.24, 2.45) is 7.05 Å². The number of nitrogens with zero attached hydrogens (tertiary/aromatic N) is 2. The van der Waals surface area contributed by atoms with Crippen LogP contribution in [0.2, 0.25) is 0 Å². The number of halogens is 2. The van der Waals surface area contributed by atoms with Gasteiger partial charge < -0.3 is 5.32 Å². The van der Waals surface area contributed by atoms with E-state index in [1.807, 2.05) is 13.2 Å². The van der Waals surface area contributed by atoms with Gasteiger partial charge in [-0.25, -0.2) is 8.78 Å². The number of hydrogen-bond donors (Lipinski definition) is 1. The number of anilines is 1. The van der Waals surface area contributed by atoms with E-state index in [2.05, 4.69) is 31.2 Å². The summed E-state index contributed by atoms with van der Waals surface area (Å²) in [4.78, 5) is 0. The highest BCUT2D eigenvalue weighted by Gasteiger charge is 2.22. The van der Waals surface area contributed by atoms with Crippen molar-refractivity contribution in [1.82, 2.24) is 9.78 Å². The summed E-state index contributed by atoms with van der Waals surface area (Å²) in [6, 6.07) is 2.70. The molecule has 1 aromatic carbocycles. The maximum atomic E-state index is 14.0. The Hall–Kier alpha value is -1.91. The van der Waals surface area contributed by atoms with E-state index in [1.165, 1.54) is 12.1 Å². The topological polar surface area (TPSA) is 29.9 Å². The van der Waals surface area contributed by atoms with Crippen molar-refractivity contribution >= 4 is 5.69 Å². The van der Waals surface area contributed by atoms with Gasteiger partial charge in [0.2, 0.25) is 0 Å². The molecule has 0 aliphatic carbocycles. The summed E-state index contributed by atoms with van der Waals surface area (Å²) in [5.74, 6) is -1.13. The van der Waals surface area contributed by atoms with Crippen molar-refractivity contribution in [2.45, 2.75) is 39.7 Å². The SMILES string of the molecule is Cc1ccc(F)c(NCc2cn(C)nc2C(C)(C)C)c1F. The van der Waals surface area contributed by atoms with Crippen molar-refractivity contribution in [1.29, 1.82) is 0 Å². The fraction of sp³-hybridized carbons (Fsp3) is 0.438. The molecule has 5 heteroatoms. The molecule has 2 aromatic rings. The second-order valence-electron chi connectivity index (χ2n) is 6.33. The molecule has 114 valence electrons. The molecule has 0 spiro atoms. The number of aryl methyl sites for hydroxylation is 2. The first kappa shape index (κ1) is 15.5. The molecule has 0 aliphatic rings. The van der Waals surface area contributed by atoms with Crippen LogP contribution < -0.4 is 5.32 Å². The number of benzene rings is 1. The molecule has 0 radical (unpaired) electrons. The van der Waals surface area contributed by atoms with E-state index in [4.69, 9.17) is 0 Å². The molecule has 0 bridgehead atoms. The largest absolute Gasteiger partial charge is 0.376 e. The van der Waals surface area contributed by atoms with Gasteiger partial charge in [-0.2, -0.15) is 5.10 Å². The quantitative estimate of drug-likeness (QED) is 0.929. The second-order valence-corrected chi connectivity index (χ2v) is 6.33. The van der Waals surface area contributed by atoms with Gasteiger partial charge in [-0.3, -0.25) is 4.68 Å². The van der Waals surface area contributed by atoms with E-state index < -0.39 is 11.6 Å². The van der Waals surface area contributed by atoms with Crippen molar-refractivity contribution in [3.8, 4) is 0 Å².